The molecule has 158 valence electrons. The third-order valence-corrected chi connectivity index (χ3v) is 6.53. The van der Waals surface area contributed by atoms with Gasteiger partial charge < -0.3 is 8.98 Å². The average molecular weight is 435 g/mol. The van der Waals surface area contributed by atoms with Gasteiger partial charge in [0.1, 0.15) is 11.2 Å². The lowest BCUT2D eigenvalue weighted by atomic mass is 10.0. The maximum atomic E-state index is 9.59. The van der Waals surface area contributed by atoms with Gasteiger partial charge in [0, 0.05) is 45.2 Å². The van der Waals surface area contributed by atoms with Crippen LogP contribution in [-0.4, -0.2) is 9.55 Å². The van der Waals surface area contributed by atoms with Crippen LogP contribution in [0.5, 0.6) is 0 Å². The Balaban J connectivity index is 1.59. The number of rotatable bonds is 2. The fourth-order valence-corrected chi connectivity index (χ4v) is 5.09. The molecule has 4 heteroatoms. The third-order valence-electron chi connectivity index (χ3n) is 6.53. The zero-order chi connectivity index (χ0) is 22.6. The molecule has 0 bridgehead atoms. The van der Waals surface area contributed by atoms with Crippen molar-refractivity contribution < 1.29 is 4.42 Å². The molecule has 0 atom stereocenters. The zero-order valence-electron chi connectivity index (χ0n) is 18.1. The van der Waals surface area contributed by atoms with Crippen molar-refractivity contribution in [1.29, 1.82) is 5.26 Å². The first-order valence-corrected chi connectivity index (χ1v) is 11.1. The highest BCUT2D eigenvalue weighted by Gasteiger charge is 2.18. The van der Waals surface area contributed by atoms with Crippen LogP contribution < -0.4 is 0 Å². The Labute approximate surface area is 194 Å². The number of nitrogens with zero attached hydrogens (tertiary/aromatic N) is 3. The van der Waals surface area contributed by atoms with E-state index in [1.165, 1.54) is 10.8 Å². The summed E-state index contributed by atoms with van der Waals surface area (Å²) in [5.41, 5.74) is 7.45. The molecule has 0 radical (unpaired) electrons. The van der Waals surface area contributed by atoms with Gasteiger partial charge in [-0.3, -0.25) is 4.98 Å². The lowest BCUT2D eigenvalue weighted by Crippen LogP contribution is -1.95. The van der Waals surface area contributed by atoms with Gasteiger partial charge in [0.2, 0.25) is 0 Å². The van der Waals surface area contributed by atoms with Gasteiger partial charge in [-0.1, -0.05) is 48.5 Å². The number of fused-ring (bicyclic) bond motifs is 7. The van der Waals surface area contributed by atoms with Crippen molar-refractivity contribution in [2.75, 3.05) is 0 Å². The molecule has 0 saturated heterocycles. The summed E-state index contributed by atoms with van der Waals surface area (Å²) >= 11 is 0. The Morgan fingerprint density at radius 3 is 2.50 bits per heavy atom. The van der Waals surface area contributed by atoms with E-state index in [0.29, 0.717) is 5.56 Å². The van der Waals surface area contributed by atoms with Crippen molar-refractivity contribution in [3.05, 3.63) is 109 Å². The number of furan rings is 1. The summed E-state index contributed by atoms with van der Waals surface area (Å²) in [6.07, 6.45) is 3.41. The summed E-state index contributed by atoms with van der Waals surface area (Å²) in [6.45, 7) is 0. The van der Waals surface area contributed by atoms with E-state index in [2.05, 4.69) is 76.3 Å². The molecule has 0 aliphatic heterocycles. The van der Waals surface area contributed by atoms with Gasteiger partial charge in [0.15, 0.2) is 0 Å². The molecule has 3 heterocycles. The minimum atomic E-state index is 0.612. The van der Waals surface area contributed by atoms with Gasteiger partial charge in [-0.15, -0.1) is 0 Å². The van der Waals surface area contributed by atoms with E-state index in [1.807, 2.05) is 24.3 Å². The first-order valence-electron chi connectivity index (χ1n) is 11.1. The molecule has 4 aromatic carbocycles. The second-order valence-electron chi connectivity index (χ2n) is 8.37. The number of pyridine rings is 1. The molecule has 34 heavy (non-hydrogen) atoms. The second kappa shape index (κ2) is 7.06. The zero-order valence-corrected chi connectivity index (χ0v) is 18.1. The van der Waals surface area contributed by atoms with Gasteiger partial charge >= 0.3 is 0 Å². The molecule has 7 aromatic rings. The minimum absolute atomic E-state index is 0.612. The molecule has 4 nitrogen and oxygen atoms in total. The maximum absolute atomic E-state index is 9.59. The van der Waals surface area contributed by atoms with E-state index in [4.69, 9.17) is 4.42 Å². The molecular formula is C30H17N3O. The SMILES string of the molecule is N#Cc1ccncc1-c1cccc(-n2c3ccccc3c3c4c(ccc32)oc2ccccc24)c1. The topological polar surface area (TPSA) is 54.8 Å². The van der Waals surface area contributed by atoms with Crippen molar-refractivity contribution in [2.24, 2.45) is 0 Å². The number of benzene rings is 4. The van der Waals surface area contributed by atoms with Crippen molar-refractivity contribution in [3.63, 3.8) is 0 Å². The highest BCUT2D eigenvalue weighted by molar-refractivity contribution is 6.27. The van der Waals surface area contributed by atoms with E-state index in [1.54, 1.807) is 18.5 Å². The highest BCUT2D eigenvalue weighted by atomic mass is 16.3. The summed E-state index contributed by atoms with van der Waals surface area (Å²) in [6, 6.07) is 33.2. The molecule has 0 spiro atoms. The van der Waals surface area contributed by atoms with Crippen LogP contribution in [0.3, 0.4) is 0 Å². The maximum Gasteiger partial charge on any atom is 0.136 e. The molecule has 0 aliphatic carbocycles. The van der Waals surface area contributed by atoms with Crippen LogP contribution in [-0.2, 0) is 0 Å². The summed E-state index contributed by atoms with van der Waals surface area (Å²) in [4.78, 5) is 4.25. The van der Waals surface area contributed by atoms with Crippen LogP contribution >= 0.6 is 0 Å². The second-order valence-corrected chi connectivity index (χ2v) is 8.37. The van der Waals surface area contributed by atoms with Gasteiger partial charge in [-0.25, -0.2) is 0 Å². The van der Waals surface area contributed by atoms with Crippen molar-refractivity contribution in [1.82, 2.24) is 9.55 Å². The average Bonchev–Trinajstić information content (AvgIpc) is 3.44. The van der Waals surface area contributed by atoms with Gasteiger partial charge in [-0.2, -0.15) is 5.26 Å². The van der Waals surface area contributed by atoms with Gasteiger partial charge in [0.05, 0.1) is 22.7 Å². The van der Waals surface area contributed by atoms with Crippen LogP contribution in [0.1, 0.15) is 5.56 Å². The summed E-state index contributed by atoms with van der Waals surface area (Å²) < 4.78 is 8.47. The molecule has 0 N–H and O–H groups in total. The third kappa shape index (κ3) is 2.55. The van der Waals surface area contributed by atoms with Gasteiger partial charge in [0.25, 0.3) is 0 Å². The van der Waals surface area contributed by atoms with E-state index >= 15 is 0 Å². The standard InChI is InChI=1S/C30H17N3O/c31-17-20-14-15-32-18-24(20)19-6-5-7-21(16-19)33-25-10-3-1-8-22(25)29-26(33)12-13-28-30(29)23-9-2-4-11-27(23)34-28/h1-16,18H. The van der Waals surface area contributed by atoms with E-state index in [9.17, 15) is 5.26 Å². The van der Waals surface area contributed by atoms with Crippen LogP contribution in [0.4, 0.5) is 0 Å². The summed E-state index contributed by atoms with van der Waals surface area (Å²) in [5.74, 6) is 0. The first-order chi connectivity index (χ1) is 16.8. The Kier molecular flexibility index (Phi) is 3.88. The Bertz CT molecular complexity index is 1930. The number of hydrogen-bond acceptors (Lipinski definition) is 3. The Hall–Kier alpha value is -4.88. The summed E-state index contributed by atoms with van der Waals surface area (Å²) in [5, 5.41) is 14.2. The first kappa shape index (κ1) is 18.7. The molecule has 0 fully saturated rings. The number of hydrogen-bond donors (Lipinski definition) is 0. The predicted molar refractivity (Wildman–Crippen MR) is 136 cm³/mol. The van der Waals surface area contributed by atoms with Crippen LogP contribution in [0.2, 0.25) is 0 Å². The Morgan fingerprint density at radius 2 is 1.59 bits per heavy atom. The lowest BCUT2D eigenvalue weighted by molar-refractivity contribution is 0.669. The predicted octanol–water partition coefficient (Wildman–Crippen LogP) is 7.62. The highest BCUT2D eigenvalue weighted by Crippen LogP contribution is 2.41. The fraction of sp³-hybridized carbons (Fsp3) is 0. The summed E-state index contributed by atoms with van der Waals surface area (Å²) in [7, 11) is 0. The Morgan fingerprint density at radius 1 is 0.735 bits per heavy atom. The molecule has 7 rings (SSSR count). The normalized spacial score (nSPS) is 11.5. The van der Waals surface area contributed by atoms with E-state index < -0.39 is 0 Å². The van der Waals surface area contributed by atoms with E-state index in [-0.39, 0.29) is 0 Å². The quantitative estimate of drug-likeness (QED) is 0.281. The monoisotopic (exact) mass is 435 g/mol. The minimum Gasteiger partial charge on any atom is -0.456 e. The van der Waals surface area contributed by atoms with Crippen molar-refractivity contribution >= 4 is 43.7 Å². The van der Waals surface area contributed by atoms with Crippen molar-refractivity contribution in [2.45, 2.75) is 0 Å². The van der Waals surface area contributed by atoms with Crippen LogP contribution in [0.15, 0.2) is 108 Å². The van der Waals surface area contributed by atoms with Crippen molar-refractivity contribution in [3.8, 4) is 22.9 Å². The van der Waals surface area contributed by atoms with Gasteiger partial charge in [-0.05, 0) is 48.0 Å². The molecular weight excluding hydrogens is 418 g/mol. The number of para-hydroxylation sites is 2. The molecule has 0 saturated carbocycles. The van der Waals surface area contributed by atoms with E-state index in [0.717, 1.165) is 49.8 Å². The largest absolute Gasteiger partial charge is 0.456 e. The number of nitriles is 1. The van der Waals surface area contributed by atoms with Crippen LogP contribution in [0.25, 0.3) is 60.6 Å². The smallest absolute Gasteiger partial charge is 0.136 e. The molecule has 0 unspecified atom stereocenters. The molecule has 0 amide bonds. The van der Waals surface area contributed by atoms with Crippen LogP contribution in [0, 0.1) is 11.3 Å². The molecule has 0 aliphatic rings. The molecule has 3 aromatic heterocycles. The number of aromatic nitrogens is 2. The lowest BCUT2D eigenvalue weighted by Gasteiger charge is -2.11. The fourth-order valence-electron chi connectivity index (χ4n) is 5.09.